The van der Waals surface area contributed by atoms with Crippen molar-refractivity contribution in [3.05, 3.63) is 22.7 Å². The Kier molecular flexibility index (Phi) is 5.01. The molecule has 0 radical (unpaired) electrons. The Morgan fingerprint density at radius 3 is 3.00 bits per heavy atom. The maximum absolute atomic E-state index is 12.1. The molecular weight excluding hydrogens is 322 g/mol. The molecule has 5 nitrogen and oxygen atoms in total. The van der Waals surface area contributed by atoms with Crippen LogP contribution >= 0.6 is 15.9 Å². The minimum Gasteiger partial charge on any atom is -0.399 e. The van der Waals surface area contributed by atoms with Gasteiger partial charge in [0.05, 0.1) is 24.9 Å². The Hall–Kier alpha value is -1.11. The number of nitrogens with two attached hydrogens (primary N) is 1. The number of benzene rings is 1. The molecule has 0 aliphatic carbocycles. The molecule has 0 aromatic heterocycles. The number of hydrogen-bond donors (Lipinski definition) is 2. The van der Waals surface area contributed by atoms with Crippen LogP contribution in [0, 0.1) is 0 Å². The normalized spacial score (nSPS) is 23.6. The van der Waals surface area contributed by atoms with E-state index in [1.807, 2.05) is 6.92 Å². The van der Waals surface area contributed by atoms with E-state index in [1.54, 1.807) is 18.2 Å². The Labute approximate surface area is 127 Å². The Morgan fingerprint density at radius 2 is 2.30 bits per heavy atom. The average molecular weight is 342 g/mol. The molecule has 2 atom stereocenters. The van der Waals surface area contributed by atoms with Gasteiger partial charge in [-0.1, -0.05) is 0 Å². The lowest BCUT2D eigenvalue weighted by atomic mass is 10.2. The summed E-state index contributed by atoms with van der Waals surface area (Å²) in [5.74, 6) is -0.0311. The standard InChI is InChI=1S/C14H20BrN3O2/c1-9-8-20-10(2)6-18(9)7-14(19)17-13-4-3-11(16)5-12(13)15/h3-5,9-10H,6-8,16H2,1-2H3,(H,17,19). The second-order valence-corrected chi connectivity index (χ2v) is 6.06. The zero-order valence-corrected chi connectivity index (χ0v) is 13.3. The van der Waals surface area contributed by atoms with E-state index in [0.29, 0.717) is 18.8 Å². The van der Waals surface area contributed by atoms with Gasteiger partial charge in [0, 0.05) is 22.7 Å². The predicted molar refractivity (Wildman–Crippen MR) is 83.6 cm³/mol. The number of morpholine rings is 1. The third-order valence-corrected chi connectivity index (χ3v) is 4.01. The molecule has 0 spiro atoms. The molecule has 1 aromatic carbocycles. The van der Waals surface area contributed by atoms with Crippen LogP contribution < -0.4 is 11.1 Å². The van der Waals surface area contributed by atoms with Crippen LogP contribution in [0.3, 0.4) is 0 Å². The number of amides is 1. The molecule has 1 aliphatic rings. The highest BCUT2D eigenvalue weighted by Gasteiger charge is 2.25. The van der Waals surface area contributed by atoms with E-state index in [9.17, 15) is 4.79 Å². The van der Waals surface area contributed by atoms with Crippen molar-refractivity contribution in [1.29, 1.82) is 0 Å². The molecule has 1 amide bonds. The van der Waals surface area contributed by atoms with Gasteiger partial charge in [0.2, 0.25) is 5.91 Å². The van der Waals surface area contributed by atoms with Crippen molar-refractivity contribution >= 4 is 33.2 Å². The topological polar surface area (TPSA) is 67.6 Å². The van der Waals surface area contributed by atoms with Gasteiger partial charge >= 0.3 is 0 Å². The Morgan fingerprint density at radius 1 is 1.55 bits per heavy atom. The number of ether oxygens (including phenoxy) is 1. The quantitative estimate of drug-likeness (QED) is 0.826. The summed E-state index contributed by atoms with van der Waals surface area (Å²) < 4.78 is 6.34. The van der Waals surface area contributed by atoms with Crippen LogP contribution in [0.25, 0.3) is 0 Å². The third kappa shape index (κ3) is 3.94. The first kappa shape index (κ1) is 15.3. The van der Waals surface area contributed by atoms with Gasteiger partial charge in [-0.2, -0.15) is 0 Å². The Balaban J connectivity index is 1.94. The van der Waals surface area contributed by atoms with Gasteiger partial charge in [-0.15, -0.1) is 0 Å². The number of rotatable bonds is 3. The molecular formula is C14H20BrN3O2. The predicted octanol–water partition coefficient (Wildman–Crippen LogP) is 2.08. The molecule has 1 aromatic rings. The van der Waals surface area contributed by atoms with Crippen molar-refractivity contribution in [2.24, 2.45) is 0 Å². The van der Waals surface area contributed by atoms with Crippen molar-refractivity contribution in [3.63, 3.8) is 0 Å². The van der Waals surface area contributed by atoms with E-state index >= 15 is 0 Å². The highest BCUT2D eigenvalue weighted by molar-refractivity contribution is 9.10. The number of nitrogens with zero attached hydrogens (tertiary/aromatic N) is 1. The van der Waals surface area contributed by atoms with Crippen molar-refractivity contribution in [2.45, 2.75) is 26.0 Å². The van der Waals surface area contributed by atoms with Gasteiger partial charge in [-0.3, -0.25) is 9.69 Å². The fourth-order valence-corrected chi connectivity index (χ4v) is 2.69. The first-order valence-corrected chi connectivity index (χ1v) is 7.45. The number of nitrogens with one attached hydrogen (secondary N) is 1. The number of halogens is 1. The lowest BCUT2D eigenvalue weighted by Crippen LogP contribution is -2.50. The molecule has 2 unspecified atom stereocenters. The van der Waals surface area contributed by atoms with Crippen LogP contribution in [0.15, 0.2) is 22.7 Å². The van der Waals surface area contributed by atoms with Crippen LogP contribution in [0.1, 0.15) is 13.8 Å². The average Bonchev–Trinajstić information content (AvgIpc) is 2.37. The summed E-state index contributed by atoms with van der Waals surface area (Å²) in [6.45, 7) is 5.90. The molecule has 1 saturated heterocycles. The first-order valence-electron chi connectivity index (χ1n) is 6.66. The SMILES string of the molecule is CC1CN(CC(=O)Nc2ccc(N)cc2Br)C(C)CO1. The van der Waals surface area contributed by atoms with E-state index in [-0.39, 0.29) is 18.1 Å². The van der Waals surface area contributed by atoms with Crippen molar-refractivity contribution < 1.29 is 9.53 Å². The van der Waals surface area contributed by atoms with Crippen molar-refractivity contribution in [1.82, 2.24) is 4.90 Å². The minimum atomic E-state index is -0.0311. The number of nitrogen functional groups attached to an aromatic ring is 1. The summed E-state index contributed by atoms with van der Waals surface area (Å²) in [5.41, 5.74) is 7.07. The molecule has 0 bridgehead atoms. The van der Waals surface area contributed by atoms with Gasteiger partial charge < -0.3 is 15.8 Å². The van der Waals surface area contributed by atoms with Gasteiger partial charge in [-0.05, 0) is 48.0 Å². The van der Waals surface area contributed by atoms with Gasteiger partial charge in [0.25, 0.3) is 0 Å². The fourth-order valence-electron chi connectivity index (χ4n) is 2.20. The van der Waals surface area contributed by atoms with Crippen LogP contribution in [-0.2, 0) is 9.53 Å². The maximum atomic E-state index is 12.1. The van der Waals surface area contributed by atoms with Crippen LogP contribution in [0.4, 0.5) is 11.4 Å². The van der Waals surface area contributed by atoms with Crippen LogP contribution in [-0.4, -0.2) is 42.6 Å². The molecule has 6 heteroatoms. The number of carbonyl (C=O) groups excluding carboxylic acids is 1. The summed E-state index contributed by atoms with van der Waals surface area (Å²) in [5, 5.41) is 2.90. The zero-order chi connectivity index (χ0) is 14.7. The molecule has 20 heavy (non-hydrogen) atoms. The highest BCUT2D eigenvalue weighted by Crippen LogP contribution is 2.24. The maximum Gasteiger partial charge on any atom is 0.238 e. The molecule has 1 fully saturated rings. The number of carbonyl (C=O) groups is 1. The molecule has 0 saturated carbocycles. The second kappa shape index (κ2) is 6.56. The van der Waals surface area contributed by atoms with Gasteiger partial charge in [0.15, 0.2) is 0 Å². The lowest BCUT2D eigenvalue weighted by molar-refractivity contribution is -0.121. The van der Waals surface area contributed by atoms with Crippen molar-refractivity contribution in [3.8, 4) is 0 Å². The van der Waals surface area contributed by atoms with Gasteiger partial charge in [-0.25, -0.2) is 0 Å². The number of hydrogen-bond acceptors (Lipinski definition) is 4. The summed E-state index contributed by atoms with van der Waals surface area (Å²) in [6.07, 6.45) is 0.169. The molecule has 2 rings (SSSR count). The summed E-state index contributed by atoms with van der Waals surface area (Å²) in [4.78, 5) is 14.3. The van der Waals surface area contributed by atoms with E-state index < -0.39 is 0 Å². The number of anilines is 2. The first-order chi connectivity index (χ1) is 9.45. The summed E-state index contributed by atoms with van der Waals surface area (Å²) >= 11 is 3.39. The molecule has 1 heterocycles. The fraction of sp³-hybridized carbons (Fsp3) is 0.500. The highest BCUT2D eigenvalue weighted by atomic mass is 79.9. The van der Waals surface area contributed by atoms with Crippen LogP contribution in [0.5, 0.6) is 0 Å². The van der Waals surface area contributed by atoms with E-state index in [0.717, 1.165) is 16.7 Å². The van der Waals surface area contributed by atoms with E-state index in [1.165, 1.54) is 0 Å². The minimum absolute atomic E-state index is 0.0311. The molecule has 110 valence electrons. The zero-order valence-electron chi connectivity index (χ0n) is 11.7. The second-order valence-electron chi connectivity index (χ2n) is 5.21. The van der Waals surface area contributed by atoms with Gasteiger partial charge in [0.1, 0.15) is 0 Å². The third-order valence-electron chi connectivity index (χ3n) is 3.35. The lowest BCUT2D eigenvalue weighted by Gasteiger charge is -2.36. The molecule has 3 N–H and O–H groups in total. The van der Waals surface area contributed by atoms with Crippen LogP contribution in [0.2, 0.25) is 0 Å². The molecule has 1 aliphatic heterocycles. The smallest absolute Gasteiger partial charge is 0.238 e. The van der Waals surface area contributed by atoms with E-state index in [4.69, 9.17) is 10.5 Å². The largest absolute Gasteiger partial charge is 0.399 e. The van der Waals surface area contributed by atoms with E-state index in [2.05, 4.69) is 33.1 Å². The monoisotopic (exact) mass is 341 g/mol. The summed E-state index contributed by atoms with van der Waals surface area (Å²) in [6, 6.07) is 5.59. The summed E-state index contributed by atoms with van der Waals surface area (Å²) in [7, 11) is 0. The van der Waals surface area contributed by atoms with Crippen molar-refractivity contribution in [2.75, 3.05) is 30.7 Å². The Bertz CT molecular complexity index is 495.